The average Bonchev–Trinajstić information content (AvgIpc) is 2.81. The van der Waals surface area contributed by atoms with Crippen molar-refractivity contribution >= 4 is 23.5 Å². The summed E-state index contributed by atoms with van der Waals surface area (Å²) >= 11 is 1.17. The van der Waals surface area contributed by atoms with Crippen LogP contribution >= 0.6 is 11.8 Å². The molecule has 0 saturated carbocycles. The highest BCUT2D eigenvalue weighted by Gasteiger charge is 2.10. The lowest BCUT2D eigenvalue weighted by atomic mass is 10.2. The van der Waals surface area contributed by atoms with Crippen LogP contribution in [0.5, 0.6) is 0 Å². The quantitative estimate of drug-likeness (QED) is 0.643. The molecule has 0 spiro atoms. The molecule has 0 aliphatic heterocycles. The largest absolute Gasteiger partial charge is 0.360 e. The Labute approximate surface area is 125 Å². The molecule has 0 saturated heterocycles. The second kappa shape index (κ2) is 6.57. The van der Waals surface area contributed by atoms with E-state index < -0.39 is 0 Å². The van der Waals surface area contributed by atoms with Crippen molar-refractivity contribution in [3.8, 4) is 0 Å². The van der Waals surface area contributed by atoms with E-state index in [1.54, 1.807) is 19.9 Å². The second-order valence-electron chi connectivity index (χ2n) is 4.45. The predicted molar refractivity (Wildman–Crippen MR) is 79.6 cm³/mol. The molecule has 21 heavy (non-hydrogen) atoms. The zero-order valence-corrected chi connectivity index (χ0v) is 12.8. The number of H-pyrrole nitrogens is 1. The van der Waals surface area contributed by atoms with Gasteiger partial charge in [-0.3, -0.25) is 9.59 Å². The molecule has 0 aromatic carbocycles. The Morgan fingerprint density at radius 1 is 1.48 bits per heavy atom. The van der Waals surface area contributed by atoms with Crippen LogP contribution in [0.3, 0.4) is 0 Å². The highest BCUT2D eigenvalue weighted by molar-refractivity contribution is 7.99. The number of hydrogen-bond donors (Lipinski definition) is 2. The first kappa shape index (κ1) is 15.3. The number of nitrogens with one attached hydrogen (secondary N) is 2. The maximum atomic E-state index is 11.8. The van der Waals surface area contributed by atoms with Crippen LogP contribution in [-0.4, -0.2) is 26.8 Å². The average molecular weight is 308 g/mol. The van der Waals surface area contributed by atoms with Gasteiger partial charge in [0.1, 0.15) is 5.76 Å². The number of anilines is 1. The van der Waals surface area contributed by atoms with Crippen molar-refractivity contribution in [1.82, 2.24) is 15.1 Å². The molecular weight excluding hydrogens is 292 g/mol. The van der Waals surface area contributed by atoms with Crippen molar-refractivity contribution in [2.75, 3.05) is 11.1 Å². The van der Waals surface area contributed by atoms with Crippen molar-refractivity contribution in [1.29, 1.82) is 0 Å². The van der Waals surface area contributed by atoms with Crippen LogP contribution in [0.1, 0.15) is 23.9 Å². The van der Waals surface area contributed by atoms with Gasteiger partial charge in [-0.1, -0.05) is 23.8 Å². The first-order chi connectivity index (χ1) is 9.99. The second-order valence-corrected chi connectivity index (χ2v) is 5.41. The standard InChI is InChI=1S/C13H16N4O3S/c1-4-9-8(3)14-13(16-12(9)19)21-6-11(18)15-10-5-7(2)20-17-10/h5H,4,6H2,1-3H3,(H,14,16,19)(H,15,17,18). The highest BCUT2D eigenvalue weighted by atomic mass is 32.2. The predicted octanol–water partition coefficient (Wildman–Crippen LogP) is 1.67. The fraction of sp³-hybridized carbons (Fsp3) is 0.385. The first-order valence-electron chi connectivity index (χ1n) is 6.45. The Kier molecular flexibility index (Phi) is 4.79. The molecule has 2 rings (SSSR count). The number of aromatic amines is 1. The Hall–Kier alpha value is -2.09. The molecule has 0 bridgehead atoms. The molecule has 2 aromatic rings. The van der Waals surface area contributed by atoms with Gasteiger partial charge in [-0.15, -0.1) is 0 Å². The summed E-state index contributed by atoms with van der Waals surface area (Å²) in [6, 6.07) is 1.63. The maximum Gasteiger partial charge on any atom is 0.254 e. The molecule has 112 valence electrons. The number of aryl methyl sites for hydroxylation is 2. The van der Waals surface area contributed by atoms with Crippen molar-refractivity contribution in [3.05, 3.63) is 33.4 Å². The summed E-state index contributed by atoms with van der Waals surface area (Å²) in [5.74, 6) is 0.875. The molecule has 0 radical (unpaired) electrons. The summed E-state index contributed by atoms with van der Waals surface area (Å²) in [4.78, 5) is 30.5. The molecule has 8 heteroatoms. The normalized spacial score (nSPS) is 10.6. The van der Waals surface area contributed by atoms with Crippen molar-refractivity contribution in [2.24, 2.45) is 0 Å². The lowest BCUT2D eigenvalue weighted by Crippen LogP contribution is -2.18. The van der Waals surface area contributed by atoms with E-state index in [1.165, 1.54) is 11.8 Å². The van der Waals surface area contributed by atoms with Gasteiger partial charge in [0.25, 0.3) is 5.56 Å². The summed E-state index contributed by atoms with van der Waals surface area (Å²) in [7, 11) is 0. The van der Waals surface area contributed by atoms with E-state index in [1.807, 2.05) is 6.92 Å². The first-order valence-corrected chi connectivity index (χ1v) is 7.44. The van der Waals surface area contributed by atoms with E-state index >= 15 is 0 Å². The summed E-state index contributed by atoms with van der Waals surface area (Å²) in [6.45, 7) is 5.43. The van der Waals surface area contributed by atoms with Crippen LogP contribution in [0, 0.1) is 13.8 Å². The number of thioether (sulfide) groups is 1. The van der Waals surface area contributed by atoms with Crippen molar-refractivity contribution in [2.45, 2.75) is 32.3 Å². The molecule has 0 fully saturated rings. The van der Waals surface area contributed by atoms with Crippen LogP contribution in [0.2, 0.25) is 0 Å². The van der Waals surface area contributed by atoms with Crippen LogP contribution < -0.4 is 10.9 Å². The lowest BCUT2D eigenvalue weighted by molar-refractivity contribution is -0.113. The van der Waals surface area contributed by atoms with Crippen LogP contribution in [0.25, 0.3) is 0 Å². The van der Waals surface area contributed by atoms with Crippen LogP contribution in [-0.2, 0) is 11.2 Å². The van der Waals surface area contributed by atoms with Crippen LogP contribution in [0.15, 0.2) is 20.5 Å². The van der Waals surface area contributed by atoms with Gasteiger partial charge in [0, 0.05) is 17.3 Å². The van der Waals surface area contributed by atoms with Gasteiger partial charge < -0.3 is 14.8 Å². The molecular formula is C13H16N4O3S. The summed E-state index contributed by atoms with van der Waals surface area (Å²) in [5, 5.41) is 6.70. The molecule has 0 atom stereocenters. The van der Waals surface area contributed by atoms with Gasteiger partial charge in [-0.2, -0.15) is 0 Å². The van der Waals surface area contributed by atoms with E-state index in [-0.39, 0.29) is 17.2 Å². The number of amides is 1. The molecule has 2 heterocycles. The van der Waals surface area contributed by atoms with Gasteiger partial charge in [0.05, 0.1) is 5.75 Å². The van der Waals surface area contributed by atoms with E-state index in [2.05, 4.69) is 20.4 Å². The third-order valence-corrected chi connectivity index (χ3v) is 3.66. The van der Waals surface area contributed by atoms with Crippen molar-refractivity contribution < 1.29 is 9.32 Å². The third-order valence-electron chi connectivity index (χ3n) is 2.79. The van der Waals surface area contributed by atoms with Gasteiger partial charge in [-0.05, 0) is 20.3 Å². The number of hydrogen-bond acceptors (Lipinski definition) is 6. The molecule has 0 aliphatic rings. The summed E-state index contributed by atoms with van der Waals surface area (Å²) in [5.41, 5.74) is 1.21. The molecule has 0 aliphatic carbocycles. The topological polar surface area (TPSA) is 101 Å². The highest BCUT2D eigenvalue weighted by Crippen LogP contribution is 2.14. The fourth-order valence-electron chi connectivity index (χ4n) is 1.81. The molecule has 1 amide bonds. The lowest BCUT2D eigenvalue weighted by Gasteiger charge is -2.05. The number of carbonyl (C=O) groups is 1. The fourth-order valence-corrected chi connectivity index (χ4v) is 2.51. The third kappa shape index (κ3) is 3.94. The molecule has 2 aromatic heterocycles. The Morgan fingerprint density at radius 2 is 2.24 bits per heavy atom. The minimum absolute atomic E-state index is 0.125. The minimum atomic E-state index is -0.242. The van der Waals surface area contributed by atoms with Gasteiger partial charge >= 0.3 is 0 Å². The van der Waals surface area contributed by atoms with E-state index in [0.717, 1.165) is 0 Å². The monoisotopic (exact) mass is 308 g/mol. The molecule has 7 nitrogen and oxygen atoms in total. The number of rotatable bonds is 5. The van der Waals surface area contributed by atoms with Crippen molar-refractivity contribution in [3.63, 3.8) is 0 Å². The van der Waals surface area contributed by atoms with Gasteiger partial charge in [-0.25, -0.2) is 4.98 Å². The Balaban J connectivity index is 1.97. The van der Waals surface area contributed by atoms with E-state index in [9.17, 15) is 9.59 Å². The molecule has 2 N–H and O–H groups in total. The number of nitrogens with zero attached hydrogens (tertiary/aromatic N) is 2. The Morgan fingerprint density at radius 3 is 2.81 bits per heavy atom. The van der Waals surface area contributed by atoms with E-state index in [4.69, 9.17) is 4.52 Å². The van der Waals surface area contributed by atoms with E-state index in [0.29, 0.717) is 34.4 Å². The minimum Gasteiger partial charge on any atom is -0.360 e. The Bertz CT molecular complexity index is 708. The van der Waals surface area contributed by atoms with Gasteiger partial charge in [0.2, 0.25) is 5.91 Å². The number of aromatic nitrogens is 3. The SMILES string of the molecule is CCc1c(C)nc(SCC(=O)Nc2cc(C)on2)[nH]c1=O. The number of carbonyl (C=O) groups excluding carboxylic acids is 1. The zero-order valence-electron chi connectivity index (χ0n) is 12.0. The summed E-state index contributed by atoms with van der Waals surface area (Å²) in [6.07, 6.45) is 0.630. The zero-order chi connectivity index (χ0) is 15.4. The molecule has 0 unspecified atom stereocenters. The van der Waals surface area contributed by atoms with Gasteiger partial charge in [0.15, 0.2) is 11.0 Å². The summed E-state index contributed by atoms with van der Waals surface area (Å²) < 4.78 is 4.85. The smallest absolute Gasteiger partial charge is 0.254 e. The maximum absolute atomic E-state index is 11.8. The van der Waals surface area contributed by atoms with Crippen LogP contribution in [0.4, 0.5) is 5.82 Å².